The maximum Gasteiger partial charge on any atom is 0.262 e. The molecule has 2 N–H and O–H groups in total. The van der Waals surface area contributed by atoms with E-state index in [1.807, 2.05) is 0 Å². The fourth-order valence-electron chi connectivity index (χ4n) is 4.03. The van der Waals surface area contributed by atoms with E-state index in [4.69, 9.17) is 18.9 Å². The molecule has 0 bridgehead atoms. The highest BCUT2D eigenvalue weighted by molar-refractivity contribution is 7.92. The number of carbonyl (C=O) groups is 1. The highest BCUT2D eigenvalue weighted by Crippen LogP contribution is 2.36. The van der Waals surface area contributed by atoms with Crippen molar-refractivity contribution in [3.63, 3.8) is 0 Å². The van der Waals surface area contributed by atoms with Crippen LogP contribution in [-0.4, -0.2) is 62.5 Å². The van der Waals surface area contributed by atoms with Gasteiger partial charge < -0.3 is 24.3 Å². The third kappa shape index (κ3) is 6.34. The molecule has 214 valence electrons. The van der Waals surface area contributed by atoms with Crippen molar-refractivity contribution in [1.82, 2.24) is 0 Å². The first-order valence-electron chi connectivity index (χ1n) is 12.0. The summed E-state index contributed by atoms with van der Waals surface area (Å²) in [5.74, 6) is 1.00. The zero-order valence-electron chi connectivity index (χ0n) is 22.2. The summed E-state index contributed by atoms with van der Waals surface area (Å²) in [7, 11) is -4.98. The van der Waals surface area contributed by atoms with Crippen LogP contribution >= 0.6 is 0 Å². The van der Waals surface area contributed by atoms with Crippen LogP contribution < -0.4 is 33.3 Å². The van der Waals surface area contributed by atoms with Crippen LogP contribution in [0.15, 0.2) is 65.6 Å². The molecule has 0 radical (unpaired) electrons. The Morgan fingerprint density at radius 1 is 0.900 bits per heavy atom. The normalized spacial score (nSPS) is 13.6. The van der Waals surface area contributed by atoms with Crippen molar-refractivity contribution in [2.45, 2.75) is 17.9 Å². The monoisotopic (exact) mass is 591 g/mol. The minimum absolute atomic E-state index is 0.0644. The Hall–Kier alpha value is -4.17. The standard InChI is InChI=1S/C26H29N3O9S2/c1-17(29(39(4,31)32)19-7-12-23-25(15-19)38-14-13-37-23)26(30)27-18-5-9-21(10-6-18)40(33,34)28-22-11-8-20(35-2)16-24(22)36-3/h5-12,15-17,28H,13-14H2,1-4H3,(H,27,30)/t17-/m1/s1. The molecule has 0 aromatic heterocycles. The minimum Gasteiger partial charge on any atom is -0.497 e. The summed E-state index contributed by atoms with van der Waals surface area (Å²) >= 11 is 0. The van der Waals surface area contributed by atoms with Gasteiger partial charge in [-0.15, -0.1) is 0 Å². The lowest BCUT2D eigenvalue weighted by Gasteiger charge is -2.29. The molecule has 1 aliphatic heterocycles. The molecule has 0 aliphatic carbocycles. The van der Waals surface area contributed by atoms with E-state index in [1.54, 1.807) is 18.2 Å². The van der Waals surface area contributed by atoms with Crippen LogP contribution in [0.2, 0.25) is 0 Å². The van der Waals surface area contributed by atoms with Crippen molar-refractivity contribution in [3.05, 3.63) is 60.7 Å². The first-order valence-corrected chi connectivity index (χ1v) is 15.3. The van der Waals surface area contributed by atoms with Crippen molar-refractivity contribution >= 4 is 43.0 Å². The fraction of sp³-hybridized carbons (Fsp3) is 0.269. The molecular formula is C26H29N3O9S2. The third-order valence-corrected chi connectivity index (χ3v) is 8.58. The van der Waals surface area contributed by atoms with Gasteiger partial charge in [0, 0.05) is 17.8 Å². The Labute approximate surface area is 232 Å². The molecule has 3 aromatic carbocycles. The van der Waals surface area contributed by atoms with Crippen LogP contribution in [0.4, 0.5) is 17.1 Å². The molecular weight excluding hydrogens is 562 g/mol. The number of methoxy groups -OCH3 is 2. The molecule has 4 rings (SSSR count). The number of anilines is 3. The van der Waals surface area contributed by atoms with Gasteiger partial charge in [-0.3, -0.25) is 13.8 Å². The van der Waals surface area contributed by atoms with Crippen LogP contribution in [0, 0.1) is 0 Å². The molecule has 1 atom stereocenters. The summed E-state index contributed by atoms with van der Waals surface area (Å²) < 4.78 is 76.1. The average molecular weight is 592 g/mol. The molecule has 1 aliphatic rings. The highest BCUT2D eigenvalue weighted by atomic mass is 32.2. The smallest absolute Gasteiger partial charge is 0.262 e. The number of carbonyl (C=O) groups excluding carboxylic acids is 1. The van der Waals surface area contributed by atoms with Gasteiger partial charge >= 0.3 is 0 Å². The van der Waals surface area contributed by atoms with E-state index in [9.17, 15) is 21.6 Å². The van der Waals surface area contributed by atoms with Crippen molar-refractivity contribution < 1.29 is 40.6 Å². The lowest BCUT2D eigenvalue weighted by molar-refractivity contribution is -0.116. The second kappa shape index (κ2) is 11.5. The molecule has 1 heterocycles. The number of amides is 1. The topological polar surface area (TPSA) is 150 Å². The molecule has 0 fully saturated rings. The van der Waals surface area contributed by atoms with E-state index >= 15 is 0 Å². The van der Waals surface area contributed by atoms with Crippen molar-refractivity contribution in [2.75, 3.05) is 48.0 Å². The fourth-order valence-corrected chi connectivity index (χ4v) is 6.27. The molecule has 3 aromatic rings. The summed E-state index contributed by atoms with van der Waals surface area (Å²) in [5, 5.41) is 2.64. The number of ether oxygens (including phenoxy) is 4. The summed E-state index contributed by atoms with van der Waals surface area (Å²) in [6.45, 7) is 2.14. The molecule has 40 heavy (non-hydrogen) atoms. The van der Waals surface area contributed by atoms with Gasteiger partial charge in [0.05, 0.1) is 36.7 Å². The second-order valence-electron chi connectivity index (χ2n) is 8.75. The number of nitrogens with zero attached hydrogens (tertiary/aromatic N) is 1. The van der Waals surface area contributed by atoms with Crippen LogP contribution in [-0.2, 0) is 24.8 Å². The number of benzene rings is 3. The Morgan fingerprint density at radius 2 is 1.57 bits per heavy atom. The van der Waals surface area contributed by atoms with E-state index in [0.717, 1.165) is 10.6 Å². The molecule has 14 heteroatoms. The van der Waals surface area contributed by atoms with Gasteiger partial charge in [-0.1, -0.05) is 0 Å². The van der Waals surface area contributed by atoms with Gasteiger partial charge in [0.2, 0.25) is 15.9 Å². The van der Waals surface area contributed by atoms with Crippen molar-refractivity contribution in [1.29, 1.82) is 0 Å². The van der Waals surface area contributed by atoms with Crippen molar-refractivity contribution in [3.8, 4) is 23.0 Å². The van der Waals surface area contributed by atoms with E-state index in [0.29, 0.717) is 30.5 Å². The lowest BCUT2D eigenvalue weighted by Crippen LogP contribution is -2.45. The number of fused-ring (bicyclic) bond motifs is 1. The second-order valence-corrected chi connectivity index (χ2v) is 12.3. The summed E-state index contributed by atoms with van der Waals surface area (Å²) in [5.41, 5.74) is 0.721. The molecule has 0 unspecified atom stereocenters. The van der Waals surface area contributed by atoms with Gasteiger partial charge in [-0.25, -0.2) is 16.8 Å². The maximum atomic E-state index is 13.1. The summed E-state index contributed by atoms with van der Waals surface area (Å²) in [6, 6.07) is 13.5. The number of nitrogens with one attached hydrogen (secondary N) is 2. The van der Waals surface area contributed by atoms with Crippen LogP contribution in [0.25, 0.3) is 0 Å². The number of rotatable bonds is 10. The lowest BCUT2D eigenvalue weighted by atomic mass is 10.2. The molecule has 1 amide bonds. The number of hydrogen-bond donors (Lipinski definition) is 2. The van der Waals surface area contributed by atoms with E-state index in [1.165, 1.54) is 63.6 Å². The van der Waals surface area contributed by atoms with E-state index < -0.39 is 32.0 Å². The first-order chi connectivity index (χ1) is 18.9. The highest BCUT2D eigenvalue weighted by Gasteiger charge is 2.30. The minimum atomic E-state index is -4.00. The van der Waals surface area contributed by atoms with Gasteiger partial charge in [0.1, 0.15) is 30.8 Å². The van der Waals surface area contributed by atoms with E-state index in [-0.39, 0.29) is 27.7 Å². The predicted octanol–water partition coefficient (Wildman–Crippen LogP) is 3.07. The third-order valence-electron chi connectivity index (χ3n) is 5.95. The SMILES string of the molecule is COc1ccc(NS(=O)(=O)c2ccc(NC(=O)[C@@H](C)N(c3ccc4c(c3)OCCO4)S(C)(=O)=O)cc2)c(OC)c1. The Morgan fingerprint density at radius 3 is 2.20 bits per heavy atom. The Bertz CT molecular complexity index is 1610. The van der Waals surface area contributed by atoms with Gasteiger partial charge in [-0.2, -0.15) is 0 Å². The predicted molar refractivity (Wildman–Crippen MR) is 150 cm³/mol. The van der Waals surface area contributed by atoms with Crippen LogP contribution in [0.5, 0.6) is 23.0 Å². The Balaban J connectivity index is 1.50. The summed E-state index contributed by atoms with van der Waals surface area (Å²) in [4.78, 5) is 13.0. The van der Waals surface area contributed by atoms with Crippen LogP contribution in [0.3, 0.4) is 0 Å². The van der Waals surface area contributed by atoms with Crippen molar-refractivity contribution in [2.24, 2.45) is 0 Å². The zero-order chi connectivity index (χ0) is 29.1. The molecule has 0 saturated heterocycles. The quantitative estimate of drug-likeness (QED) is 0.363. The molecule has 0 saturated carbocycles. The Kier molecular flexibility index (Phi) is 8.30. The van der Waals surface area contributed by atoms with Gasteiger partial charge in [0.15, 0.2) is 11.5 Å². The first kappa shape index (κ1) is 28.8. The number of sulfonamides is 2. The molecule has 0 spiro atoms. The maximum absolute atomic E-state index is 13.1. The zero-order valence-corrected chi connectivity index (χ0v) is 23.8. The molecule has 12 nitrogen and oxygen atoms in total. The van der Waals surface area contributed by atoms with Crippen LogP contribution in [0.1, 0.15) is 6.92 Å². The number of hydrogen-bond acceptors (Lipinski definition) is 9. The summed E-state index contributed by atoms with van der Waals surface area (Å²) in [6.07, 6.45) is 0.998. The van der Waals surface area contributed by atoms with Gasteiger partial charge in [-0.05, 0) is 55.5 Å². The largest absolute Gasteiger partial charge is 0.497 e. The van der Waals surface area contributed by atoms with E-state index in [2.05, 4.69) is 10.0 Å². The average Bonchev–Trinajstić information content (AvgIpc) is 2.92. The van der Waals surface area contributed by atoms with Gasteiger partial charge in [0.25, 0.3) is 10.0 Å².